The fraction of sp³-hybridized carbons (Fsp3) is 0.562. The van der Waals surface area contributed by atoms with Crippen LogP contribution in [0.2, 0.25) is 0 Å². The van der Waals surface area contributed by atoms with Gasteiger partial charge in [0.2, 0.25) is 0 Å². The van der Waals surface area contributed by atoms with Gasteiger partial charge in [0.05, 0.1) is 0 Å². The van der Waals surface area contributed by atoms with E-state index in [2.05, 4.69) is 5.32 Å². The van der Waals surface area contributed by atoms with E-state index in [9.17, 15) is 4.79 Å². The molecule has 1 amide bonds. The van der Waals surface area contributed by atoms with Crippen LogP contribution in [-0.2, 0) is 4.79 Å². The lowest BCUT2D eigenvalue weighted by Gasteiger charge is -2.22. The minimum absolute atomic E-state index is 0.0190. The molecule has 1 aromatic carbocycles. The second-order valence-electron chi connectivity index (χ2n) is 5.32. The summed E-state index contributed by atoms with van der Waals surface area (Å²) >= 11 is 0. The van der Waals surface area contributed by atoms with Gasteiger partial charge < -0.3 is 10.1 Å². The normalized spacial score (nSPS) is 17.7. The molecule has 1 fully saturated rings. The van der Waals surface area contributed by atoms with Crippen molar-refractivity contribution < 1.29 is 9.53 Å². The second-order valence-corrected chi connectivity index (χ2v) is 5.32. The zero-order valence-corrected chi connectivity index (χ0v) is 11.6. The average Bonchev–Trinajstić information content (AvgIpc) is 2.47. The highest BCUT2D eigenvalue weighted by molar-refractivity contribution is 5.80. The molecule has 1 aromatic rings. The summed E-state index contributed by atoms with van der Waals surface area (Å²) in [4.78, 5) is 12.0. The van der Waals surface area contributed by atoms with Crippen LogP contribution in [0.15, 0.2) is 30.3 Å². The summed E-state index contributed by atoms with van der Waals surface area (Å²) < 4.78 is 5.60. The Hall–Kier alpha value is -1.51. The molecule has 0 radical (unpaired) electrons. The van der Waals surface area contributed by atoms with Crippen LogP contribution in [0.1, 0.15) is 39.0 Å². The first-order chi connectivity index (χ1) is 9.25. The second kappa shape index (κ2) is 7.17. The molecule has 2 rings (SSSR count). The quantitative estimate of drug-likeness (QED) is 0.884. The Morgan fingerprint density at radius 1 is 1.26 bits per heavy atom. The summed E-state index contributed by atoms with van der Waals surface area (Å²) in [6.07, 6.45) is 6.00. The topological polar surface area (TPSA) is 38.3 Å². The van der Waals surface area contributed by atoms with Gasteiger partial charge in [0.25, 0.3) is 5.91 Å². The first-order valence-corrected chi connectivity index (χ1v) is 7.25. The average molecular weight is 261 g/mol. The summed E-state index contributed by atoms with van der Waals surface area (Å²) in [5.41, 5.74) is 0. The van der Waals surface area contributed by atoms with Crippen molar-refractivity contribution in [1.29, 1.82) is 0 Å². The lowest BCUT2D eigenvalue weighted by molar-refractivity contribution is -0.127. The van der Waals surface area contributed by atoms with Crippen LogP contribution in [0.4, 0.5) is 0 Å². The molecule has 1 N–H and O–H groups in total. The molecule has 1 aliphatic rings. The van der Waals surface area contributed by atoms with E-state index in [1.807, 2.05) is 30.3 Å². The van der Waals surface area contributed by atoms with Gasteiger partial charge in [-0.3, -0.25) is 4.79 Å². The molecule has 3 nitrogen and oxygen atoms in total. The number of carbonyl (C=O) groups excluding carboxylic acids is 1. The predicted molar refractivity (Wildman–Crippen MR) is 76.1 cm³/mol. The van der Waals surface area contributed by atoms with E-state index in [4.69, 9.17) is 4.74 Å². The summed E-state index contributed by atoms with van der Waals surface area (Å²) in [5, 5.41) is 3.01. The van der Waals surface area contributed by atoms with Gasteiger partial charge >= 0.3 is 0 Å². The van der Waals surface area contributed by atoms with Gasteiger partial charge in [0, 0.05) is 6.54 Å². The van der Waals surface area contributed by atoms with E-state index in [-0.39, 0.29) is 5.91 Å². The van der Waals surface area contributed by atoms with Crippen LogP contribution in [0, 0.1) is 5.92 Å². The highest BCUT2D eigenvalue weighted by atomic mass is 16.5. The number of hydrogen-bond acceptors (Lipinski definition) is 2. The van der Waals surface area contributed by atoms with Gasteiger partial charge in [-0.05, 0) is 37.8 Å². The van der Waals surface area contributed by atoms with Gasteiger partial charge in [-0.25, -0.2) is 0 Å². The third-order valence-electron chi connectivity index (χ3n) is 3.72. The van der Waals surface area contributed by atoms with Crippen molar-refractivity contribution in [3.05, 3.63) is 30.3 Å². The van der Waals surface area contributed by atoms with Gasteiger partial charge in [-0.15, -0.1) is 0 Å². The molecular weight excluding hydrogens is 238 g/mol. The number of benzene rings is 1. The lowest BCUT2D eigenvalue weighted by atomic mass is 9.89. The lowest BCUT2D eigenvalue weighted by Crippen LogP contribution is -2.39. The number of hydrogen-bond donors (Lipinski definition) is 1. The Morgan fingerprint density at radius 3 is 2.63 bits per heavy atom. The predicted octanol–water partition coefficient (Wildman–Crippen LogP) is 3.15. The van der Waals surface area contributed by atoms with E-state index >= 15 is 0 Å². The Labute approximate surface area is 115 Å². The molecule has 0 bridgehead atoms. The van der Waals surface area contributed by atoms with Crippen molar-refractivity contribution in [1.82, 2.24) is 5.32 Å². The number of ether oxygens (including phenoxy) is 1. The zero-order chi connectivity index (χ0) is 13.5. The maximum atomic E-state index is 12.0. The highest BCUT2D eigenvalue weighted by Crippen LogP contribution is 2.22. The van der Waals surface area contributed by atoms with E-state index < -0.39 is 6.10 Å². The van der Waals surface area contributed by atoms with Crippen LogP contribution in [-0.4, -0.2) is 18.6 Å². The Morgan fingerprint density at radius 2 is 1.95 bits per heavy atom. The van der Waals surface area contributed by atoms with Gasteiger partial charge in [0.1, 0.15) is 5.75 Å². The summed E-state index contributed by atoms with van der Waals surface area (Å²) in [7, 11) is 0. The number of rotatable bonds is 5. The summed E-state index contributed by atoms with van der Waals surface area (Å²) in [6.45, 7) is 2.59. The number of carbonyl (C=O) groups is 1. The minimum Gasteiger partial charge on any atom is -0.481 e. The Kier molecular flexibility index (Phi) is 5.25. The fourth-order valence-electron chi connectivity index (χ4n) is 2.54. The third-order valence-corrected chi connectivity index (χ3v) is 3.72. The molecule has 104 valence electrons. The van der Waals surface area contributed by atoms with Crippen LogP contribution in [0.3, 0.4) is 0 Å². The van der Waals surface area contributed by atoms with E-state index in [0.717, 1.165) is 12.3 Å². The molecule has 0 spiro atoms. The molecular formula is C16H23NO2. The largest absolute Gasteiger partial charge is 0.481 e. The molecule has 1 saturated carbocycles. The molecule has 0 unspecified atom stereocenters. The molecule has 0 aromatic heterocycles. The summed E-state index contributed by atoms with van der Waals surface area (Å²) in [5.74, 6) is 1.37. The smallest absolute Gasteiger partial charge is 0.260 e. The fourth-order valence-corrected chi connectivity index (χ4v) is 2.54. The van der Waals surface area contributed by atoms with Gasteiger partial charge in [-0.1, -0.05) is 37.5 Å². The third kappa shape index (κ3) is 4.58. The number of nitrogens with one attached hydrogen (secondary N) is 1. The standard InChI is InChI=1S/C16H23NO2/c1-13(19-15-10-6-3-7-11-15)16(18)17-12-14-8-4-2-5-9-14/h3,6-7,10-11,13-14H,2,4-5,8-9,12H2,1H3,(H,17,18)/t13-/m1/s1. The van der Waals surface area contributed by atoms with E-state index in [0.29, 0.717) is 5.92 Å². The number of amides is 1. The van der Waals surface area contributed by atoms with Gasteiger partial charge in [0.15, 0.2) is 6.10 Å². The molecule has 3 heteroatoms. The SMILES string of the molecule is C[C@@H](Oc1ccccc1)C(=O)NCC1CCCCC1. The number of para-hydroxylation sites is 1. The van der Waals surface area contributed by atoms with Crippen LogP contribution in [0.5, 0.6) is 5.75 Å². The highest BCUT2D eigenvalue weighted by Gasteiger charge is 2.18. The first-order valence-electron chi connectivity index (χ1n) is 7.25. The first kappa shape index (κ1) is 13.9. The van der Waals surface area contributed by atoms with Crippen LogP contribution < -0.4 is 10.1 Å². The molecule has 0 heterocycles. The maximum Gasteiger partial charge on any atom is 0.260 e. The molecule has 0 aliphatic heterocycles. The molecule has 0 saturated heterocycles. The Balaban J connectivity index is 1.73. The van der Waals surface area contributed by atoms with Crippen LogP contribution >= 0.6 is 0 Å². The van der Waals surface area contributed by atoms with Crippen molar-refractivity contribution in [3.63, 3.8) is 0 Å². The van der Waals surface area contributed by atoms with Crippen molar-refractivity contribution in [3.8, 4) is 5.75 Å². The van der Waals surface area contributed by atoms with E-state index in [1.165, 1.54) is 32.1 Å². The van der Waals surface area contributed by atoms with Crippen molar-refractivity contribution in [2.24, 2.45) is 5.92 Å². The minimum atomic E-state index is -0.439. The summed E-state index contributed by atoms with van der Waals surface area (Å²) in [6, 6.07) is 9.47. The van der Waals surface area contributed by atoms with Crippen LogP contribution in [0.25, 0.3) is 0 Å². The molecule has 1 aliphatic carbocycles. The van der Waals surface area contributed by atoms with E-state index in [1.54, 1.807) is 6.92 Å². The van der Waals surface area contributed by atoms with Crippen molar-refractivity contribution >= 4 is 5.91 Å². The van der Waals surface area contributed by atoms with Gasteiger partial charge in [-0.2, -0.15) is 0 Å². The van der Waals surface area contributed by atoms with Crippen molar-refractivity contribution in [2.45, 2.75) is 45.1 Å². The Bertz CT molecular complexity index is 385. The molecule has 1 atom stereocenters. The maximum absolute atomic E-state index is 12.0. The van der Waals surface area contributed by atoms with Crippen molar-refractivity contribution in [2.75, 3.05) is 6.54 Å². The zero-order valence-electron chi connectivity index (χ0n) is 11.6. The molecule has 19 heavy (non-hydrogen) atoms. The monoisotopic (exact) mass is 261 g/mol.